The van der Waals surface area contributed by atoms with Crippen LogP contribution in [0.2, 0.25) is 0 Å². The molecular weight excluding hydrogens is 324 g/mol. The van der Waals surface area contributed by atoms with Gasteiger partial charge in [0.15, 0.2) is 5.69 Å². The summed E-state index contributed by atoms with van der Waals surface area (Å²) in [4.78, 5) is 14.6. The highest BCUT2D eigenvalue weighted by Crippen LogP contribution is 2.36. The van der Waals surface area contributed by atoms with Gasteiger partial charge < -0.3 is 14.6 Å². The van der Waals surface area contributed by atoms with E-state index >= 15 is 0 Å². The molecule has 0 saturated carbocycles. The van der Waals surface area contributed by atoms with Gasteiger partial charge in [0.2, 0.25) is 0 Å². The average molecular weight is 344 g/mol. The van der Waals surface area contributed by atoms with Crippen LogP contribution in [0.1, 0.15) is 27.7 Å². The van der Waals surface area contributed by atoms with E-state index in [9.17, 15) is 9.90 Å². The Balaban J connectivity index is 1.64. The third-order valence-corrected chi connectivity index (χ3v) is 4.59. The highest BCUT2D eigenvalue weighted by atomic mass is 16.5. The number of aliphatic hydroxyl groups excluding tert-OH is 1. The lowest BCUT2D eigenvalue weighted by atomic mass is 10.1. The van der Waals surface area contributed by atoms with Gasteiger partial charge in [-0.1, -0.05) is 11.3 Å². The number of benzene rings is 1. The van der Waals surface area contributed by atoms with Gasteiger partial charge in [0.1, 0.15) is 24.5 Å². The molecule has 1 saturated heterocycles. The molecule has 2 atom stereocenters. The molecule has 0 aliphatic carbocycles. The number of fused-ring (bicyclic) bond motifs is 1. The molecule has 0 spiro atoms. The molecule has 2 aliphatic heterocycles. The third-order valence-electron chi connectivity index (χ3n) is 4.59. The number of hydrogen-bond donors (Lipinski definition) is 1. The molecule has 8 heteroatoms. The zero-order valence-corrected chi connectivity index (χ0v) is 14.2. The smallest absolute Gasteiger partial charge is 0.280 e. The molecule has 2 aromatic rings. The second kappa shape index (κ2) is 6.12. The van der Waals surface area contributed by atoms with Crippen LogP contribution in [-0.4, -0.2) is 58.5 Å². The molecule has 1 N–H and O–H groups in total. The van der Waals surface area contributed by atoms with Crippen LogP contribution in [0.15, 0.2) is 18.3 Å². The number of nitrogens with zero attached hydrogens (tertiary/aromatic N) is 4. The van der Waals surface area contributed by atoms with Crippen molar-refractivity contribution in [2.24, 2.45) is 0 Å². The second-order valence-electron chi connectivity index (χ2n) is 6.49. The molecule has 132 valence electrons. The number of anilines is 1. The van der Waals surface area contributed by atoms with Crippen molar-refractivity contribution >= 4 is 11.6 Å². The lowest BCUT2D eigenvalue weighted by molar-refractivity contribution is 0.0971. The molecule has 0 radical (unpaired) electrons. The lowest BCUT2D eigenvalue weighted by Gasteiger charge is -2.30. The quantitative estimate of drug-likeness (QED) is 0.869. The van der Waals surface area contributed by atoms with Gasteiger partial charge in [-0.3, -0.25) is 9.69 Å². The zero-order chi connectivity index (χ0) is 17.6. The van der Waals surface area contributed by atoms with Crippen molar-refractivity contribution in [2.75, 3.05) is 31.3 Å². The number of ether oxygens (including phenoxy) is 2. The highest BCUT2D eigenvalue weighted by Gasteiger charge is 2.31. The maximum absolute atomic E-state index is 13.0. The Labute approximate surface area is 144 Å². The molecule has 1 fully saturated rings. The summed E-state index contributed by atoms with van der Waals surface area (Å²) in [6.07, 6.45) is 0.932. The molecule has 3 heterocycles. The number of carbonyl (C=O) groups is 1. The maximum Gasteiger partial charge on any atom is 0.280 e. The number of aromatic nitrogens is 3. The summed E-state index contributed by atoms with van der Waals surface area (Å²) in [5, 5.41) is 17.9. The molecule has 1 aromatic carbocycles. The van der Waals surface area contributed by atoms with E-state index in [0.29, 0.717) is 19.8 Å². The first kappa shape index (κ1) is 16.0. The molecule has 25 heavy (non-hydrogen) atoms. The van der Waals surface area contributed by atoms with E-state index < -0.39 is 6.10 Å². The Morgan fingerprint density at radius 3 is 2.92 bits per heavy atom. The van der Waals surface area contributed by atoms with Crippen LogP contribution in [0.5, 0.6) is 5.75 Å². The predicted molar refractivity (Wildman–Crippen MR) is 89.0 cm³/mol. The van der Waals surface area contributed by atoms with E-state index in [1.54, 1.807) is 11.1 Å². The van der Waals surface area contributed by atoms with E-state index in [4.69, 9.17) is 9.47 Å². The summed E-state index contributed by atoms with van der Waals surface area (Å²) in [5.41, 5.74) is 3.07. The third kappa shape index (κ3) is 2.77. The van der Waals surface area contributed by atoms with Gasteiger partial charge in [-0.05, 0) is 31.0 Å². The van der Waals surface area contributed by atoms with Crippen molar-refractivity contribution in [2.45, 2.75) is 26.0 Å². The van der Waals surface area contributed by atoms with Crippen LogP contribution < -0.4 is 9.64 Å². The number of hydrogen-bond acceptors (Lipinski definition) is 6. The van der Waals surface area contributed by atoms with E-state index in [1.807, 2.05) is 26.0 Å². The van der Waals surface area contributed by atoms with Gasteiger partial charge in [-0.25, -0.2) is 4.68 Å². The minimum absolute atomic E-state index is 0.228. The Bertz CT molecular complexity index is 819. The second-order valence-corrected chi connectivity index (χ2v) is 6.49. The fourth-order valence-corrected chi connectivity index (χ4v) is 3.35. The fraction of sp³-hybridized carbons (Fsp3) is 0.471. The first-order valence-corrected chi connectivity index (χ1v) is 8.28. The topological polar surface area (TPSA) is 89.7 Å². The summed E-state index contributed by atoms with van der Waals surface area (Å²) >= 11 is 0. The summed E-state index contributed by atoms with van der Waals surface area (Å²) in [7, 11) is 0. The minimum Gasteiger partial charge on any atom is -0.489 e. The van der Waals surface area contributed by atoms with Crippen LogP contribution >= 0.6 is 0 Å². The monoisotopic (exact) mass is 344 g/mol. The van der Waals surface area contributed by atoms with Crippen LogP contribution in [0.3, 0.4) is 0 Å². The van der Waals surface area contributed by atoms with Crippen molar-refractivity contribution in [3.05, 3.63) is 35.2 Å². The van der Waals surface area contributed by atoms with Gasteiger partial charge in [0.25, 0.3) is 5.91 Å². The van der Waals surface area contributed by atoms with Gasteiger partial charge in [-0.2, -0.15) is 0 Å². The van der Waals surface area contributed by atoms with Crippen molar-refractivity contribution in [1.29, 1.82) is 0 Å². The number of amides is 1. The average Bonchev–Trinajstić information content (AvgIpc) is 3.22. The van der Waals surface area contributed by atoms with Gasteiger partial charge >= 0.3 is 0 Å². The standard InChI is InChI=1S/C17H20N4O4/c1-10-5-11(2)16-13(6-10)20(3-4-25-16)17(23)12-7-21(19-18-12)14-8-24-9-15(14)22/h5-7,14-15,22H,3-4,8-9H2,1-2H3/t14-,15-/m1/s1. The summed E-state index contributed by atoms with van der Waals surface area (Å²) in [6.45, 7) is 5.47. The molecule has 0 unspecified atom stereocenters. The Kier molecular flexibility index (Phi) is 3.93. The van der Waals surface area contributed by atoms with Crippen LogP contribution in [-0.2, 0) is 4.74 Å². The van der Waals surface area contributed by atoms with Crippen molar-refractivity contribution in [3.63, 3.8) is 0 Å². The van der Waals surface area contributed by atoms with Crippen molar-refractivity contribution < 1.29 is 19.4 Å². The molecule has 1 amide bonds. The molecule has 4 rings (SSSR count). The first-order valence-electron chi connectivity index (χ1n) is 8.28. The van der Waals surface area contributed by atoms with Crippen LogP contribution in [0.4, 0.5) is 5.69 Å². The maximum atomic E-state index is 13.0. The van der Waals surface area contributed by atoms with E-state index in [1.165, 1.54) is 4.68 Å². The molecule has 8 nitrogen and oxygen atoms in total. The summed E-state index contributed by atoms with van der Waals surface area (Å²) < 4.78 is 12.5. The summed E-state index contributed by atoms with van der Waals surface area (Å²) in [5.74, 6) is 0.506. The van der Waals surface area contributed by atoms with Crippen LogP contribution in [0, 0.1) is 13.8 Å². The molecule has 1 aromatic heterocycles. The Morgan fingerprint density at radius 1 is 1.32 bits per heavy atom. The van der Waals surface area contributed by atoms with Gasteiger partial charge in [0, 0.05) is 0 Å². The highest BCUT2D eigenvalue weighted by molar-refractivity contribution is 6.05. The van der Waals surface area contributed by atoms with Gasteiger partial charge in [0.05, 0.1) is 31.6 Å². The largest absolute Gasteiger partial charge is 0.489 e. The molecular formula is C17H20N4O4. The molecule has 2 aliphatic rings. The number of rotatable bonds is 2. The molecule has 0 bridgehead atoms. The number of aryl methyl sites for hydroxylation is 2. The van der Waals surface area contributed by atoms with Crippen molar-refractivity contribution in [3.8, 4) is 5.75 Å². The minimum atomic E-state index is -0.640. The first-order chi connectivity index (χ1) is 12.0. The number of carbonyl (C=O) groups excluding carboxylic acids is 1. The van der Waals surface area contributed by atoms with Crippen molar-refractivity contribution in [1.82, 2.24) is 15.0 Å². The fourth-order valence-electron chi connectivity index (χ4n) is 3.35. The SMILES string of the molecule is Cc1cc(C)c2c(c1)N(C(=O)c1cn([C@@H]3COC[C@H]3O)nn1)CCO2. The zero-order valence-electron chi connectivity index (χ0n) is 14.2. The van der Waals surface area contributed by atoms with E-state index in [0.717, 1.165) is 22.6 Å². The normalized spacial score (nSPS) is 22.6. The van der Waals surface area contributed by atoms with E-state index in [-0.39, 0.29) is 24.2 Å². The predicted octanol–water partition coefficient (Wildman–Crippen LogP) is 0.866. The van der Waals surface area contributed by atoms with E-state index in [2.05, 4.69) is 10.3 Å². The van der Waals surface area contributed by atoms with Gasteiger partial charge in [-0.15, -0.1) is 5.10 Å². The Morgan fingerprint density at radius 2 is 2.16 bits per heavy atom. The lowest BCUT2D eigenvalue weighted by Crippen LogP contribution is -2.38. The van der Waals surface area contributed by atoms with Crippen LogP contribution in [0.25, 0.3) is 0 Å². The Hall–Kier alpha value is -2.45. The summed E-state index contributed by atoms with van der Waals surface area (Å²) in [6, 6.07) is 3.67. The number of aliphatic hydroxyl groups is 1.